The van der Waals surface area contributed by atoms with Crippen molar-refractivity contribution in [2.45, 2.75) is 115 Å². The Balaban J connectivity index is 1.38. The lowest BCUT2D eigenvalue weighted by Crippen LogP contribution is -2.31. The lowest BCUT2D eigenvalue weighted by molar-refractivity contribution is -0.137. The maximum absolute atomic E-state index is 6.14. The largest absolute Gasteiger partial charge is 0.373 e. The van der Waals surface area contributed by atoms with Gasteiger partial charge in [-0.2, -0.15) is 0 Å². The molecule has 1 saturated heterocycles. The van der Waals surface area contributed by atoms with Crippen LogP contribution in [0.1, 0.15) is 120 Å². The van der Waals surface area contributed by atoms with E-state index in [0.717, 1.165) is 24.9 Å². The van der Waals surface area contributed by atoms with Crippen LogP contribution in [0.15, 0.2) is 24.3 Å². The van der Waals surface area contributed by atoms with Crippen molar-refractivity contribution in [3.63, 3.8) is 0 Å². The molecule has 3 rings (SSSR count). The Bertz CT molecular complexity index is 536. The topological polar surface area (TPSA) is 18.5 Å². The van der Waals surface area contributed by atoms with Gasteiger partial charge in [0.05, 0.1) is 19.3 Å². The van der Waals surface area contributed by atoms with Crippen LogP contribution in [0.5, 0.6) is 0 Å². The summed E-state index contributed by atoms with van der Waals surface area (Å²) >= 11 is 0. The summed E-state index contributed by atoms with van der Waals surface area (Å²) in [7, 11) is 0. The van der Waals surface area contributed by atoms with E-state index in [4.69, 9.17) is 9.47 Å². The fraction of sp³-hybridized carbons (Fsp3) is 0.778. The fourth-order valence-corrected chi connectivity index (χ4v) is 5.15. The average Bonchev–Trinajstić information content (AvgIpc) is 2.78. The first-order valence-electron chi connectivity index (χ1n) is 12.6. The van der Waals surface area contributed by atoms with Crippen molar-refractivity contribution >= 4 is 0 Å². The van der Waals surface area contributed by atoms with E-state index < -0.39 is 0 Å². The molecule has 0 aromatic heterocycles. The van der Waals surface area contributed by atoms with Gasteiger partial charge in [0.15, 0.2) is 0 Å². The van der Waals surface area contributed by atoms with Crippen LogP contribution in [0.3, 0.4) is 0 Å². The molecule has 0 unspecified atom stereocenters. The zero-order valence-electron chi connectivity index (χ0n) is 19.0. The van der Waals surface area contributed by atoms with E-state index in [1.54, 1.807) is 0 Å². The molecule has 2 fully saturated rings. The zero-order valence-corrected chi connectivity index (χ0v) is 19.0. The van der Waals surface area contributed by atoms with E-state index in [2.05, 4.69) is 38.1 Å². The molecule has 0 bridgehead atoms. The molecule has 1 saturated carbocycles. The number of benzene rings is 1. The molecule has 0 N–H and O–H groups in total. The summed E-state index contributed by atoms with van der Waals surface area (Å²) in [6.45, 7) is 6.01. The minimum Gasteiger partial charge on any atom is -0.373 e. The quantitative estimate of drug-likeness (QED) is 0.351. The van der Waals surface area contributed by atoms with Crippen molar-refractivity contribution in [2.24, 2.45) is 5.92 Å². The summed E-state index contributed by atoms with van der Waals surface area (Å²) in [4.78, 5) is 0. The lowest BCUT2D eigenvalue weighted by Gasteiger charge is -2.31. The Kier molecular flexibility index (Phi) is 10.0. The van der Waals surface area contributed by atoms with Crippen LogP contribution in [0.25, 0.3) is 0 Å². The normalized spacial score (nSPS) is 27.8. The first-order valence-corrected chi connectivity index (χ1v) is 12.6. The first kappa shape index (κ1) is 22.8. The molecule has 0 amide bonds. The Morgan fingerprint density at radius 3 is 2.00 bits per heavy atom. The van der Waals surface area contributed by atoms with Crippen LogP contribution in [-0.2, 0) is 9.47 Å². The maximum Gasteiger partial charge on any atom is 0.106 e. The van der Waals surface area contributed by atoms with Gasteiger partial charge in [0, 0.05) is 0 Å². The van der Waals surface area contributed by atoms with E-state index in [9.17, 15) is 0 Å². The van der Waals surface area contributed by atoms with E-state index in [0.29, 0.717) is 12.7 Å². The minimum absolute atomic E-state index is 0.116. The summed E-state index contributed by atoms with van der Waals surface area (Å²) in [5.41, 5.74) is 2.82. The average molecular weight is 401 g/mol. The predicted molar refractivity (Wildman–Crippen MR) is 122 cm³/mol. The molecule has 1 aromatic carbocycles. The Labute approximate surface area is 179 Å². The summed E-state index contributed by atoms with van der Waals surface area (Å²) < 4.78 is 12.2. The van der Waals surface area contributed by atoms with E-state index >= 15 is 0 Å². The molecule has 0 spiro atoms. The summed E-state index contributed by atoms with van der Waals surface area (Å²) in [6.07, 6.45) is 18.1. The van der Waals surface area contributed by atoms with Crippen molar-refractivity contribution in [1.82, 2.24) is 0 Å². The molecular formula is C27H44O2. The van der Waals surface area contributed by atoms with Crippen LogP contribution in [0.4, 0.5) is 0 Å². The van der Waals surface area contributed by atoms with Gasteiger partial charge in [-0.25, -0.2) is 0 Å². The number of hydrogen-bond donors (Lipinski definition) is 0. The fourth-order valence-electron chi connectivity index (χ4n) is 5.15. The number of ether oxygens (including phenoxy) is 2. The first-order chi connectivity index (χ1) is 14.3. The van der Waals surface area contributed by atoms with Gasteiger partial charge in [-0.1, -0.05) is 89.5 Å². The lowest BCUT2D eigenvalue weighted by atomic mass is 9.77. The molecule has 1 aliphatic heterocycles. The highest BCUT2D eigenvalue weighted by Crippen LogP contribution is 2.38. The van der Waals surface area contributed by atoms with Crippen LogP contribution >= 0.6 is 0 Å². The van der Waals surface area contributed by atoms with Crippen LogP contribution in [0.2, 0.25) is 0 Å². The Hall–Kier alpha value is -0.860. The van der Waals surface area contributed by atoms with Crippen molar-refractivity contribution in [2.75, 3.05) is 13.2 Å². The van der Waals surface area contributed by atoms with Crippen molar-refractivity contribution < 1.29 is 9.47 Å². The Morgan fingerprint density at radius 1 is 0.690 bits per heavy atom. The second kappa shape index (κ2) is 12.7. The van der Waals surface area contributed by atoms with Gasteiger partial charge in [0.2, 0.25) is 0 Å². The van der Waals surface area contributed by atoms with E-state index in [1.165, 1.54) is 88.2 Å². The molecule has 1 aliphatic carbocycles. The van der Waals surface area contributed by atoms with Gasteiger partial charge >= 0.3 is 0 Å². The van der Waals surface area contributed by atoms with Crippen LogP contribution < -0.4 is 0 Å². The second-order valence-electron chi connectivity index (χ2n) is 9.51. The standard InChI is InChI=1S/C27H44O2/c1-3-5-7-9-10-22-12-14-23(15-13-22)24-16-18-25(19-17-24)27-21-28-26(20-29-27)11-8-6-4-2/h16-19,22-23,26-27H,3-15,20-21H2,1-2H3/t22-,23-,26-,27-/m0/s1. The monoisotopic (exact) mass is 400 g/mol. The molecule has 29 heavy (non-hydrogen) atoms. The molecule has 164 valence electrons. The van der Waals surface area contributed by atoms with Crippen LogP contribution in [-0.4, -0.2) is 19.3 Å². The zero-order chi connectivity index (χ0) is 20.3. The highest BCUT2D eigenvalue weighted by atomic mass is 16.6. The Morgan fingerprint density at radius 2 is 1.34 bits per heavy atom. The number of rotatable bonds is 11. The highest BCUT2D eigenvalue weighted by molar-refractivity contribution is 5.27. The maximum atomic E-state index is 6.14. The molecule has 2 atom stereocenters. The molecule has 2 aliphatic rings. The minimum atomic E-state index is 0.116. The third kappa shape index (κ3) is 7.40. The van der Waals surface area contributed by atoms with Gasteiger partial charge in [-0.3, -0.25) is 0 Å². The van der Waals surface area contributed by atoms with Crippen molar-refractivity contribution in [3.05, 3.63) is 35.4 Å². The summed E-state index contributed by atoms with van der Waals surface area (Å²) in [5.74, 6) is 1.75. The van der Waals surface area contributed by atoms with Crippen molar-refractivity contribution in [1.29, 1.82) is 0 Å². The van der Waals surface area contributed by atoms with Gasteiger partial charge in [-0.05, 0) is 55.1 Å². The third-order valence-electron chi connectivity index (χ3n) is 7.19. The van der Waals surface area contributed by atoms with Crippen molar-refractivity contribution in [3.8, 4) is 0 Å². The van der Waals surface area contributed by atoms with Gasteiger partial charge in [0.25, 0.3) is 0 Å². The van der Waals surface area contributed by atoms with E-state index in [1.807, 2.05) is 0 Å². The number of unbranched alkanes of at least 4 members (excludes halogenated alkanes) is 5. The highest BCUT2D eigenvalue weighted by Gasteiger charge is 2.25. The SMILES string of the molecule is CCCCCC[C@H]1CC[C@H](c2ccc([C@@H]3CO[C@@H](CCCCC)CO3)cc2)CC1. The van der Waals surface area contributed by atoms with E-state index in [-0.39, 0.29) is 6.10 Å². The summed E-state index contributed by atoms with van der Waals surface area (Å²) in [5, 5.41) is 0. The van der Waals surface area contributed by atoms with Gasteiger partial charge in [0.1, 0.15) is 6.10 Å². The predicted octanol–water partition coefficient (Wildman–Crippen LogP) is 7.97. The molecule has 1 heterocycles. The second-order valence-corrected chi connectivity index (χ2v) is 9.51. The molecular weight excluding hydrogens is 356 g/mol. The third-order valence-corrected chi connectivity index (χ3v) is 7.19. The van der Waals surface area contributed by atoms with Crippen LogP contribution in [0, 0.1) is 5.92 Å². The number of hydrogen-bond acceptors (Lipinski definition) is 2. The summed E-state index contributed by atoms with van der Waals surface area (Å²) in [6, 6.07) is 9.30. The molecule has 2 heteroatoms. The smallest absolute Gasteiger partial charge is 0.106 e. The molecule has 1 aromatic rings. The molecule has 2 nitrogen and oxygen atoms in total. The van der Waals surface area contributed by atoms with Gasteiger partial charge < -0.3 is 9.47 Å². The van der Waals surface area contributed by atoms with Gasteiger partial charge in [-0.15, -0.1) is 0 Å². The molecule has 0 radical (unpaired) electrons.